The molecule has 26 heavy (non-hydrogen) atoms. The van der Waals surface area contributed by atoms with Crippen molar-refractivity contribution in [2.45, 2.75) is 13.8 Å². The van der Waals surface area contributed by atoms with Crippen LogP contribution in [0.3, 0.4) is 0 Å². The second-order valence-electron chi connectivity index (χ2n) is 4.97. The first-order chi connectivity index (χ1) is 11.2. The molecule has 8 nitrogen and oxygen atoms in total. The van der Waals surface area contributed by atoms with Crippen molar-refractivity contribution in [3.63, 3.8) is 0 Å². The number of nitrogens with zero attached hydrogens (tertiary/aromatic N) is 2. The van der Waals surface area contributed by atoms with E-state index in [1.807, 2.05) is 0 Å². The second-order valence-corrected chi connectivity index (χ2v) is 4.97. The van der Waals surface area contributed by atoms with Crippen LogP contribution < -0.4 is 22.9 Å². The molecule has 1 aromatic rings. The molecule has 0 fully saturated rings. The summed E-state index contributed by atoms with van der Waals surface area (Å²) in [5.74, 6) is -1.69. The predicted octanol–water partition coefficient (Wildman–Crippen LogP) is 0.937. The molecule has 8 N–H and O–H groups in total. The maximum Gasteiger partial charge on any atom is 0.275 e. The van der Waals surface area contributed by atoms with Gasteiger partial charge in [0.25, 0.3) is 11.8 Å². The van der Waals surface area contributed by atoms with Crippen molar-refractivity contribution in [1.29, 1.82) is 0 Å². The van der Waals surface area contributed by atoms with Crippen molar-refractivity contribution in [1.82, 2.24) is 0 Å². The van der Waals surface area contributed by atoms with Gasteiger partial charge >= 0.3 is 0 Å². The zero-order chi connectivity index (χ0) is 18.3. The minimum atomic E-state index is -0.540. The zero-order valence-corrected chi connectivity index (χ0v) is 15.9. The van der Waals surface area contributed by atoms with Crippen LogP contribution in [0.25, 0.3) is 12.2 Å². The normalized spacial score (nSPS) is 10.7. The van der Waals surface area contributed by atoms with Crippen LogP contribution in [0.2, 0.25) is 0 Å². The van der Waals surface area contributed by atoms with E-state index in [0.717, 1.165) is 0 Å². The number of carbonyl (C=O) groups excluding carboxylic acids is 2. The second kappa shape index (κ2) is 11.7. The van der Waals surface area contributed by atoms with Gasteiger partial charge in [0.1, 0.15) is 0 Å². The van der Waals surface area contributed by atoms with E-state index in [0.29, 0.717) is 22.3 Å². The summed E-state index contributed by atoms with van der Waals surface area (Å²) in [7, 11) is 0. The SMILES string of the molecule is C/C(=C\c1ccccc1/C=C(\C)C(=O)N=C(N)N)C(=O)N=C(N)N.Cl.Cl. The van der Waals surface area contributed by atoms with Crippen LogP contribution in [-0.4, -0.2) is 23.7 Å². The molecule has 1 aromatic carbocycles. The van der Waals surface area contributed by atoms with Crippen molar-refractivity contribution in [2.24, 2.45) is 32.9 Å². The molecule has 1 rings (SSSR count). The minimum Gasteiger partial charge on any atom is -0.370 e. The molecular weight excluding hydrogens is 379 g/mol. The zero-order valence-electron chi connectivity index (χ0n) is 14.3. The average molecular weight is 401 g/mol. The molecule has 0 radical (unpaired) electrons. The first-order valence-corrected chi connectivity index (χ1v) is 6.94. The quantitative estimate of drug-likeness (QED) is 0.333. The summed E-state index contributed by atoms with van der Waals surface area (Å²) in [4.78, 5) is 30.5. The predicted molar refractivity (Wildman–Crippen MR) is 110 cm³/mol. The van der Waals surface area contributed by atoms with E-state index >= 15 is 0 Å². The van der Waals surface area contributed by atoms with Gasteiger partial charge in [-0.1, -0.05) is 24.3 Å². The largest absolute Gasteiger partial charge is 0.370 e. The van der Waals surface area contributed by atoms with Crippen molar-refractivity contribution in [3.8, 4) is 0 Å². The first-order valence-electron chi connectivity index (χ1n) is 6.94. The van der Waals surface area contributed by atoms with Crippen molar-refractivity contribution < 1.29 is 9.59 Å². The highest BCUT2D eigenvalue weighted by molar-refractivity contribution is 6.05. The Bertz CT molecular complexity index is 712. The van der Waals surface area contributed by atoms with Gasteiger partial charge in [0.05, 0.1) is 0 Å². The van der Waals surface area contributed by atoms with Gasteiger partial charge in [0, 0.05) is 11.1 Å². The van der Waals surface area contributed by atoms with E-state index in [1.165, 1.54) is 0 Å². The minimum absolute atomic E-state index is 0. The molecule has 0 saturated carbocycles. The number of amides is 2. The van der Waals surface area contributed by atoms with Gasteiger partial charge in [-0.2, -0.15) is 9.98 Å². The number of hydrogen-bond acceptors (Lipinski definition) is 2. The molecule has 0 aliphatic rings. The molecule has 0 spiro atoms. The molecule has 0 atom stereocenters. The molecule has 0 saturated heterocycles. The number of benzene rings is 1. The van der Waals surface area contributed by atoms with Crippen LogP contribution >= 0.6 is 24.8 Å². The molecule has 0 bridgehead atoms. The van der Waals surface area contributed by atoms with Crippen LogP contribution in [0.4, 0.5) is 0 Å². The average Bonchev–Trinajstić information content (AvgIpc) is 2.47. The summed E-state index contributed by atoms with van der Waals surface area (Å²) >= 11 is 0. The smallest absolute Gasteiger partial charge is 0.275 e. The Morgan fingerprint density at radius 2 is 1.08 bits per heavy atom. The Hall–Kier alpha value is -2.84. The van der Waals surface area contributed by atoms with Crippen LogP contribution in [-0.2, 0) is 9.59 Å². The van der Waals surface area contributed by atoms with Crippen LogP contribution in [0.1, 0.15) is 25.0 Å². The Morgan fingerprint density at radius 3 is 1.35 bits per heavy atom. The van der Waals surface area contributed by atoms with Gasteiger partial charge in [-0.3, -0.25) is 9.59 Å². The monoisotopic (exact) mass is 400 g/mol. The van der Waals surface area contributed by atoms with E-state index in [-0.39, 0.29) is 36.7 Å². The fourth-order valence-corrected chi connectivity index (χ4v) is 1.77. The lowest BCUT2D eigenvalue weighted by Gasteiger charge is -2.04. The van der Waals surface area contributed by atoms with Crippen molar-refractivity contribution in [3.05, 3.63) is 46.5 Å². The lowest BCUT2D eigenvalue weighted by atomic mass is 10.0. The summed E-state index contributed by atoms with van der Waals surface area (Å²) < 4.78 is 0. The highest BCUT2D eigenvalue weighted by Crippen LogP contribution is 2.17. The standard InChI is InChI=1S/C16H20N6O2.2ClH/c1-9(13(23)21-15(17)18)7-11-5-3-4-6-12(11)8-10(2)14(24)22-16(19)20;;/h3-8H,1-2H3,(H4,17,18,21,23)(H4,19,20,22,24);2*1H/b9-7+,10-8+;;. The Labute approximate surface area is 163 Å². The summed E-state index contributed by atoms with van der Waals surface area (Å²) in [6.07, 6.45) is 3.25. The van der Waals surface area contributed by atoms with E-state index in [4.69, 9.17) is 22.9 Å². The number of nitrogens with two attached hydrogens (primary N) is 4. The molecule has 0 aliphatic carbocycles. The molecule has 142 valence electrons. The van der Waals surface area contributed by atoms with Crippen molar-refractivity contribution >= 4 is 60.7 Å². The summed E-state index contributed by atoms with van der Waals surface area (Å²) in [6, 6.07) is 7.18. The lowest BCUT2D eigenvalue weighted by Crippen LogP contribution is -2.24. The molecule has 2 amide bonds. The van der Waals surface area contributed by atoms with E-state index in [9.17, 15) is 9.59 Å². The number of halogens is 2. The molecule has 10 heteroatoms. The molecule has 0 unspecified atom stereocenters. The fraction of sp³-hybridized carbons (Fsp3) is 0.125. The molecule has 0 aliphatic heterocycles. The van der Waals surface area contributed by atoms with E-state index in [2.05, 4.69) is 9.98 Å². The van der Waals surface area contributed by atoms with Gasteiger partial charge < -0.3 is 22.9 Å². The molecule has 0 aromatic heterocycles. The maximum atomic E-state index is 11.8. The van der Waals surface area contributed by atoms with Crippen LogP contribution in [0, 0.1) is 0 Å². The summed E-state index contributed by atoms with van der Waals surface area (Å²) in [5.41, 5.74) is 22.9. The van der Waals surface area contributed by atoms with Crippen molar-refractivity contribution in [2.75, 3.05) is 0 Å². The van der Waals surface area contributed by atoms with Gasteiger partial charge in [-0.05, 0) is 37.1 Å². The number of hydrogen-bond donors (Lipinski definition) is 4. The first kappa shape index (κ1) is 25.4. The Morgan fingerprint density at radius 1 is 0.769 bits per heavy atom. The van der Waals surface area contributed by atoms with Crippen LogP contribution in [0.5, 0.6) is 0 Å². The Balaban J connectivity index is 0. The third-order valence-electron chi connectivity index (χ3n) is 2.88. The van der Waals surface area contributed by atoms with E-state index < -0.39 is 11.8 Å². The lowest BCUT2D eigenvalue weighted by molar-refractivity contribution is -0.115. The molecule has 0 heterocycles. The third-order valence-corrected chi connectivity index (χ3v) is 2.88. The third kappa shape index (κ3) is 8.32. The molecular formula is C16H22Cl2N6O2. The maximum absolute atomic E-state index is 11.8. The highest BCUT2D eigenvalue weighted by atomic mass is 35.5. The van der Waals surface area contributed by atoms with Gasteiger partial charge in [0.15, 0.2) is 11.9 Å². The Kier molecular flexibility index (Phi) is 11.4. The topological polar surface area (TPSA) is 163 Å². The van der Waals surface area contributed by atoms with Gasteiger partial charge in [0.2, 0.25) is 0 Å². The van der Waals surface area contributed by atoms with Gasteiger partial charge in [-0.25, -0.2) is 0 Å². The fourth-order valence-electron chi connectivity index (χ4n) is 1.77. The van der Waals surface area contributed by atoms with E-state index in [1.54, 1.807) is 50.3 Å². The number of aliphatic imine (C=N–C) groups is 2. The highest BCUT2D eigenvalue weighted by Gasteiger charge is 2.07. The number of guanidine groups is 2. The summed E-state index contributed by atoms with van der Waals surface area (Å²) in [5, 5.41) is 0. The van der Waals surface area contributed by atoms with Gasteiger partial charge in [-0.15, -0.1) is 24.8 Å². The summed E-state index contributed by atoms with van der Waals surface area (Å²) in [6.45, 7) is 3.18. The van der Waals surface area contributed by atoms with Crippen LogP contribution in [0.15, 0.2) is 45.4 Å². The number of carbonyl (C=O) groups is 2. The number of rotatable bonds is 4.